The van der Waals surface area contributed by atoms with E-state index in [9.17, 15) is 9.59 Å². The molecule has 1 fully saturated rings. The summed E-state index contributed by atoms with van der Waals surface area (Å²) >= 11 is 0. The van der Waals surface area contributed by atoms with E-state index >= 15 is 0 Å². The summed E-state index contributed by atoms with van der Waals surface area (Å²) in [4.78, 5) is 24.6. The van der Waals surface area contributed by atoms with Crippen LogP contribution in [0, 0.1) is 12.8 Å². The van der Waals surface area contributed by atoms with E-state index in [1.165, 1.54) is 0 Å². The van der Waals surface area contributed by atoms with E-state index in [1.54, 1.807) is 6.07 Å². The van der Waals surface area contributed by atoms with Crippen LogP contribution in [0.15, 0.2) is 18.2 Å². The molecule has 1 aromatic carbocycles. The van der Waals surface area contributed by atoms with Gasteiger partial charge in [-0.3, -0.25) is 9.59 Å². The Morgan fingerprint density at radius 3 is 2.62 bits per heavy atom. The molecule has 3 N–H and O–H groups in total. The van der Waals surface area contributed by atoms with Crippen LogP contribution in [0.2, 0.25) is 0 Å². The molecule has 2 amide bonds. The van der Waals surface area contributed by atoms with Crippen LogP contribution in [-0.2, 0) is 4.79 Å². The smallest absolute Gasteiger partial charge is 0.251 e. The number of anilines is 1. The minimum atomic E-state index is -0.107. The van der Waals surface area contributed by atoms with Crippen molar-refractivity contribution < 1.29 is 9.59 Å². The average Bonchev–Trinajstić information content (AvgIpc) is 2.48. The topological polar surface area (TPSA) is 70.2 Å². The molecule has 0 spiro atoms. The Kier molecular flexibility index (Phi) is 7.70. The van der Waals surface area contributed by atoms with E-state index in [-0.39, 0.29) is 36.2 Å². The molecule has 1 aliphatic heterocycles. The fourth-order valence-corrected chi connectivity index (χ4v) is 2.90. The van der Waals surface area contributed by atoms with E-state index in [0.717, 1.165) is 24.9 Å². The van der Waals surface area contributed by atoms with Gasteiger partial charge in [-0.2, -0.15) is 0 Å². The number of halogens is 1. The highest BCUT2D eigenvalue weighted by Gasteiger charge is 2.25. The second-order valence-corrected chi connectivity index (χ2v) is 6.72. The van der Waals surface area contributed by atoms with Gasteiger partial charge >= 0.3 is 0 Å². The zero-order chi connectivity index (χ0) is 17.0. The highest BCUT2D eigenvalue weighted by Crippen LogP contribution is 2.20. The van der Waals surface area contributed by atoms with Crippen LogP contribution in [0.25, 0.3) is 0 Å². The van der Waals surface area contributed by atoms with Crippen molar-refractivity contribution in [2.24, 2.45) is 5.92 Å². The third-order valence-electron chi connectivity index (χ3n) is 4.16. The molecule has 0 bridgehead atoms. The lowest BCUT2D eigenvalue weighted by atomic mass is 9.92. The van der Waals surface area contributed by atoms with Gasteiger partial charge in [0.25, 0.3) is 5.91 Å². The first kappa shape index (κ1) is 20.5. The first-order chi connectivity index (χ1) is 10.9. The van der Waals surface area contributed by atoms with Crippen LogP contribution >= 0.6 is 12.4 Å². The molecule has 0 aromatic heterocycles. The standard InChI is InChI=1S/C18H27N3O2.ClH/c1-11(2)20-18(23)16-10-15(6-5-12(16)3)21-17(22)14-7-8-19-13(4)9-14;/h5-6,10-11,13-14,19H,7-9H2,1-4H3,(H,20,23)(H,21,22);1H/t13-,14-;/m0./s1. The van der Waals surface area contributed by atoms with Gasteiger partial charge < -0.3 is 16.0 Å². The van der Waals surface area contributed by atoms with Crippen molar-refractivity contribution in [2.75, 3.05) is 11.9 Å². The summed E-state index contributed by atoms with van der Waals surface area (Å²) in [7, 11) is 0. The number of carbonyl (C=O) groups excluding carboxylic acids is 2. The number of nitrogens with one attached hydrogen (secondary N) is 3. The minimum absolute atomic E-state index is 0. The van der Waals surface area contributed by atoms with Crippen molar-refractivity contribution in [1.29, 1.82) is 0 Å². The molecule has 1 heterocycles. The Morgan fingerprint density at radius 2 is 2.00 bits per heavy atom. The summed E-state index contributed by atoms with van der Waals surface area (Å²) in [6.45, 7) is 8.72. The molecule has 2 rings (SSSR count). The number of hydrogen-bond donors (Lipinski definition) is 3. The van der Waals surface area contributed by atoms with E-state index in [2.05, 4.69) is 22.9 Å². The zero-order valence-electron chi connectivity index (χ0n) is 14.8. The van der Waals surface area contributed by atoms with Crippen LogP contribution < -0.4 is 16.0 Å². The predicted octanol–water partition coefficient (Wildman–Crippen LogP) is 2.88. The molecule has 1 aliphatic rings. The Bertz CT molecular complexity index is 590. The maximum Gasteiger partial charge on any atom is 0.251 e. The first-order valence-corrected chi connectivity index (χ1v) is 8.32. The number of amides is 2. The molecule has 0 unspecified atom stereocenters. The second kappa shape index (κ2) is 9.04. The van der Waals surface area contributed by atoms with Gasteiger partial charge in [0.1, 0.15) is 0 Å². The normalized spacial score (nSPS) is 20.2. The molecular weight excluding hydrogens is 326 g/mol. The monoisotopic (exact) mass is 353 g/mol. The summed E-state index contributed by atoms with van der Waals surface area (Å²) in [5.74, 6) is -0.0398. The number of rotatable bonds is 4. The molecule has 2 atom stereocenters. The molecule has 0 aliphatic carbocycles. The molecule has 0 radical (unpaired) electrons. The molecule has 5 nitrogen and oxygen atoms in total. The molecule has 6 heteroatoms. The Hall–Kier alpha value is -1.59. The lowest BCUT2D eigenvalue weighted by Crippen LogP contribution is -2.40. The second-order valence-electron chi connectivity index (χ2n) is 6.72. The van der Waals surface area contributed by atoms with Crippen LogP contribution in [0.1, 0.15) is 49.5 Å². The quantitative estimate of drug-likeness (QED) is 0.779. The third-order valence-corrected chi connectivity index (χ3v) is 4.16. The molecule has 0 saturated carbocycles. The number of benzene rings is 1. The molecule has 1 aromatic rings. The summed E-state index contributed by atoms with van der Waals surface area (Å²) in [6.07, 6.45) is 1.70. The number of aryl methyl sites for hydroxylation is 1. The Labute approximate surface area is 150 Å². The van der Waals surface area contributed by atoms with Crippen molar-refractivity contribution >= 4 is 29.9 Å². The summed E-state index contributed by atoms with van der Waals surface area (Å²) in [5.41, 5.74) is 2.19. The largest absolute Gasteiger partial charge is 0.350 e. The molecular formula is C18H28ClN3O2. The first-order valence-electron chi connectivity index (χ1n) is 8.32. The maximum absolute atomic E-state index is 12.4. The van der Waals surface area contributed by atoms with Gasteiger partial charge in [-0.1, -0.05) is 6.07 Å². The summed E-state index contributed by atoms with van der Waals surface area (Å²) in [6, 6.07) is 5.93. The van der Waals surface area contributed by atoms with Crippen LogP contribution in [0.4, 0.5) is 5.69 Å². The number of piperidine rings is 1. The van der Waals surface area contributed by atoms with Gasteiger partial charge in [0, 0.05) is 29.3 Å². The lowest BCUT2D eigenvalue weighted by Gasteiger charge is -2.27. The minimum Gasteiger partial charge on any atom is -0.350 e. The van der Waals surface area contributed by atoms with Crippen molar-refractivity contribution in [3.8, 4) is 0 Å². The van der Waals surface area contributed by atoms with Crippen LogP contribution in [0.3, 0.4) is 0 Å². The lowest BCUT2D eigenvalue weighted by molar-refractivity contribution is -0.120. The number of carbonyl (C=O) groups is 2. The third kappa shape index (κ3) is 5.49. The van der Waals surface area contributed by atoms with Crippen molar-refractivity contribution in [3.05, 3.63) is 29.3 Å². The van der Waals surface area contributed by atoms with Crippen molar-refractivity contribution in [2.45, 2.75) is 52.6 Å². The fourth-order valence-electron chi connectivity index (χ4n) is 2.90. The van der Waals surface area contributed by atoms with Crippen LogP contribution in [0.5, 0.6) is 0 Å². The maximum atomic E-state index is 12.4. The highest BCUT2D eigenvalue weighted by molar-refractivity contribution is 5.98. The van der Waals surface area contributed by atoms with E-state index < -0.39 is 0 Å². The highest BCUT2D eigenvalue weighted by atomic mass is 35.5. The van der Waals surface area contributed by atoms with Gasteiger partial charge in [-0.25, -0.2) is 0 Å². The average molecular weight is 354 g/mol. The van der Waals surface area contributed by atoms with Gasteiger partial charge in [-0.15, -0.1) is 12.4 Å². The van der Waals surface area contributed by atoms with Gasteiger partial charge in [0.15, 0.2) is 0 Å². The van der Waals surface area contributed by atoms with Gasteiger partial charge in [-0.05, 0) is 64.8 Å². The number of hydrogen-bond acceptors (Lipinski definition) is 3. The van der Waals surface area contributed by atoms with E-state index in [1.807, 2.05) is 32.9 Å². The molecule has 24 heavy (non-hydrogen) atoms. The fraction of sp³-hybridized carbons (Fsp3) is 0.556. The zero-order valence-corrected chi connectivity index (χ0v) is 15.6. The van der Waals surface area contributed by atoms with Crippen LogP contribution in [-0.4, -0.2) is 30.4 Å². The molecule has 1 saturated heterocycles. The predicted molar refractivity (Wildman–Crippen MR) is 99.8 cm³/mol. The van der Waals surface area contributed by atoms with Crippen molar-refractivity contribution in [1.82, 2.24) is 10.6 Å². The Morgan fingerprint density at radius 1 is 1.29 bits per heavy atom. The van der Waals surface area contributed by atoms with Crippen molar-refractivity contribution in [3.63, 3.8) is 0 Å². The Balaban J connectivity index is 0.00000288. The summed E-state index contributed by atoms with van der Waals surface area (Å²) in [5, 5.41) is 9.20. The molecule has 134 valence electrons. The van der Waals surface area contributed by atoms with Gasteiger partial charge in [0.05, 0.1) is 0 Å². The summed E-state index contributed by atoms with van der Waals surface area (Å²) < 4.78 is 0. The van der Waals surface area contributed by atoms with E-state index in [0.29, 0.717) is 17.3 Å². The SMILES string of the molecule is Cc1ccc(NC(=O)[C@H]2CCN[C@@H](C)C2)cc1C(=O)NC(C)C.Cl. The van der Waals surface area contributed by atoms with Gasteiger partial charge in [0.2, 0.25) is 5.91 Å². The van der Waals surface area contributed by atoms with E-state index in [4.69, 9.17) is 0 Å².